The Hall–Kier alpha value is -2.43. The maximum atomic E-state index is 14.8. The fourth-order valence-electron chi connectivity index (χ4n) is 2.60. The zero-order chi connectivity index (χ0) is 24.9. The second kappa shape index (κ2) is 7.86. The lowest BCUT2D eigenvalue weighted by atomic mass is 9.84. The number of hydrogen-bond acceptors (Lipinski definition) is 1. The van der Waals surface area contributed by atoms with Crippen molar-refractivity contribution in [3.05, 3.63) is 57.6 Å². The van der Waals surface area contributed by atoms with Gasteiger partial charge in [-0.3, -0.25) is 0 Å². The molecule has 1 nitrogen and oxygen atoms in total. The van der Waals surface area contributed by atoms with Gasteiger partial charge in [0, 0.05) is 27.2 Å². The van der Waals surface area contributed by atoms with Gasteiger partial charge in [0.05, 0.1) is 11.6 Å². The molecule has 0 aliphatic heterocycles. The SMILES string of the molecule is N#Cc1ccc(-c2c(Br)[c]c(C(F)(F)C(F)(F)F)cc2C(F)(C(F)(F)F)C(F)(F)F)cc1. The molecule has 2 rings (SSSR count). The number of benzene rings is 2. The Bertz CT molecular complexity index is 1030. The highest BCUT2D eigenvalue weighted by molar-refractivity contribution is 9.10. The molecular formula is C18H5BrF12N. The lowest BCUT2D eigenvalue weighted by molar-refractivity contribution is -0.348. The molecule has 0 unspecified atom stereocenters. The Labute approximate surface area is 179 Å². The van der Waals surface area contributed by atoms with Crippen LogP contribution in [0.4, 0.5) is 52.7 Å². The first-order valence-corrected chi connectivity index (χ1v) is 8.62. The third-order valence-corrected chi connectivity index (χ3v) is 4.77. The molecule has 0 atom stereocenters. The van der Waals surface area contributed by atoms with Gasteiger partial charge in [-0.05, 0) is 39.7 Å². The highest BCUT2D eigenvalue weighted by Gasteiger charge is 2.74. The van der Waals surface area contributed by atoms with E-state index in [4.69, 9.17) is 5.26 Å². The fourth-order valence-corrected chi connectivity index (χ4v) is 3.26. The maximum Gasteiger partial charge on any atom is 0.458 e. The lowest BCUT2D eigenvalue weighted by Crippen LogP contribution is -2.51. The molecule has 0 bridgehead atoms. The molecule has 0 aromatic heterocycles. The van der Waals surface area contributed by atoms with Crippen molar-refractivity contribution in [2.24, 2.45) is 0 Å². The number of hydrogen-bond donors (Lipinski definition) is 0. The Morgan fingerprint density at radius 3 is 1.59 bits per heavy atom. The van der Waals surface area contributed by atoms with Crippen molar-refractivity contribution >= 4 is 15.9 Å². The zero-order valence-electron chi connectivity index (χ0n) is 14.7. The fraction of sp³-hybridized carbons (Fsp3) is 0.278. The molecule has 1 radical (unpaired) electrons. The van der Waals surface area contributed by atoms with E-state index in [1.807, 2.05) is 0 Å². The van der Waals surface area contributed by atoms with Crippen LogP contribution in [0, 0.1) is 17.4 Å². The molecule has 0 spiro atoms. The highest BCUT2D eigenvalue weighted by atomic mass is 79.9. The zero-order valence-corrected chi connectivity index (χ0v) is 16.3. The third-order valence-electron chi connectivity index (χ3n) is 4.17. The number of alkyl halides is 12. The first-order chi connectivity index (χ1) is 14.3. The molecule has 32 heavy (non-hydrogen) atoms. The van der Waals surface area contributed by atoms with Crippen LogP contribution in [-0.2, 0) is 11.6 Å². The quantitative estimate of drug-likeness (QED) is 0.364. The minimum absolute atomic E-state index is 0.131. The van der Waals surface area contributed by atoms with E-state index >= 15 is 0 Å². The highest BCUT2D eigenvalue weighted by Crippen LogP contribution is 2.57. The molecule has 0 aliphatic rings. The first kappa shape index (κ1) is 25.8. The molecule has 0 saturated carbocycles. The van der Waals surface area contributed by atoms with Gasteiger partial charge < -0.3 is 0 Å². The summed E-state index contributed by atoms with van der Waals surface area (Å²) in [6.07, 6.45) is -20.1. The van der Waals surface area contributed by atoms with Crippen molar-refractivity contribution in [1.29, 1.82) is 5.26 Å². The van der Waals surface area contributed by atoms with Crippen LogP contribution < -0.4 is 0 Å². The summed E-state index contributed by atoms with van der Waals surface area (Å²) < 4.78 is 159. The summed E-state index contributed by atoms with van der Waals surface area (Å²) in [7, 11) is 0. The monoisotopic (exact) mass is 542 g/mol. The van der Waals surface area contributed by atoms with E-state index in [9.17, 15) is 52.7 Å². The molecule has 173 valence electrons. The second-order valence-electron chi connectivity index (χ2n) is 6.20. The normalized spacial score (nSPS) is 13.8. The maximum absolute atomic E-state index is 14.8. The Kier molecular flexibility index (Phi) is 6.34. The smallest absolute Gasteiger partial charge is 0.218 e. The minimum atomic E-state index is -6.81. The molecule has 0 amide bonds. The largest absolute Gasteiger partial charge is 0.458 e. The van der Waals surface area contributed by atoms with Crippen molar-refractivity contribution < 1.29 is 52.7 Å². The van der Waals surface area contributed by atoms with Gasteiger partial charge in [-0.2, -0.15) is 53.6 Å². The Morgan fingerprint density at radius 2 is 1.22 bits per heavy atom. The average Bonchev–Trinajstić information content (AvgIpc) is 2.64. The summed E-state index contributed by atoms with van der Waals surface area (Å²) in [6, 6.07) is 5.36. The molecular weight excluding hydrogens is 538 g/mol. The van der Waals surface area contributed by atoms with Gasteiger partial charge in [-0.25, -0.2) is 4.39 Å². The lowest BCUT2D eigenvalue weighted by Gasteiger charge is -2.33. The van der Waals surface area contributed by atoms with E-state index in [1.54, 1.807) is 6.07 Å². The molecule has 2 aromatic carbocycles. The van der Waals surface area contributed by atoms with E-state index in [1.165, 1.54) is 6.07 Å². The van der Waals surface area contributed by atoms with Crippen LogP contribution >= 0.6 is 15.9 Å². The summed E-state index contributed by atoms with van der Waals surface area (Å²) in [5, 5.41) is 8.74. The molecule has 0 fully saturated rings. The topological polar surface area (TPSA) is 23.8 Å². The molecule has 2 aromatic rings. The van der Waals surface area contributed by atoms with Gasteiger partial charge in [0.25, 0.3) is 0 Å². The van der Waals surface area contributed by atoms with E-state index in [-0.39, 0.29) is 5.56 Å². The standard InChI is InChI=1S/C18H5BrF12N/c19-12-6-10(15(21,22)18(29,30)31)5-11(14(20,16(23,24)25)17(26,27)28)13(12)9-3-1-8(7-32)2-4-9/h1-5H. The van der Waals surface area contributed by atoms with Crippen LogP contribution in [0.25, 0.3) is 11.1 Å². The third kappa shape index (κ3) is 4.14. The summed E-state index contributed by atoms with van der Waals surface area (Å²) >= 11 is 2.33. The van der Waals surface area contributed by atoms with Gasteiger partial charge in [0.15, 0.2) is 0 Å². The summed E-state index contributed by atoms with van der Waals surface area (Å²) in [5.41, 5.74) is -13.5. The van der Waals surface area contributed by atoms with Gasteiger partial charge in [0.2, 0.25) is 0 Å². The van der Waals surface area contributed by atoms with Crippen molar-refractivity contribution in [1.82, 2.24) is 0 Å². The Morgan fingerprint density at radius 1 is 0.750 bits per heavy atom. The number of rotatable bonds is 3. The van der Waals surface area contributed by atoms with Crippen LogP contribution in [0.2, 0.25) is 0 Å². The summed E-state index contributed by atoms with van der Waals surface area (Å²) in [4.78, 5) is 0. The molecule has 14 heteroatoms. The van der Waals surface area contributed by atoms with Crippen LogP contribution in [0.15, 0.2) is 34.8 Å². The predicted octanol–water partition coefficient (Wildman–Crippen LogP) is 7.73. The number of nitrogens with zero attached hydrogens (tertiary/aromatic N) is 1. The second-order valence-corrected chi connectivity index (χ2v) is 6.99. The first-order valence-electron chi connectivity index (χ1n) is 7.83. The van der Waals surface area contributed by atoms with Crippen LogP contribution in [0.1, 0.15) is 16.7 Å². The van der Waals surface area contributed by atoms with Gasteiger partial charge in [-0.1, -0.05) is 12.1 Å². The van der Waals surface area contributed by atoms with Crippen LogP contribution in [-0.4, -0.2) is 18.5 Å². The van der Waals surface area contributed by atoms with E-state index < -0.39 is 62.9 Å². The van der Waals surface area contributed by atoms with Gasteiger partial charge >= 0.3 is 30.1 Å². The van der Waals surface area contributed by atoms with Crippen molar-refractivity contribution in [2.45, 2.75) is 30.1 Å². The van der Waals surface area contributed by atoms with Crippen molar-refractivity contribution in [2.75, 3.05) is 0 Å². The average molecular weight is 543 g/mol. The predicted molar refractivity (Wildman–Crippen MR) is 88.0 cm³/mol. The van der Waals surface area contributed by atoms with Crippen LogP contribution in [0.3, 0.4) is 0 Å². The summed E-state index contributed by atoms with van der Waals surface area (Å²) in [6.45, 7) is 0. The van der Waals surface area contributed by atoms with E-state index in [0.29, 0.717) is 0 Å². The van der Waals surface area contributed by atoms with Crippen molar-refractivity contribution in [3.8, 4) is 17.2 Å². The summed E-state index contributed by atoms with van der Waals surface area (Å²) in [5.74, 6) is -5.97. The molecule has 0 saturated heterocycles. The number of halogens is 13. The molecule has 0 aliphatic carbocycles. The van der Waals surface area contributed by atoms with Crippen molar-refractivity contribution in [3.63, 3.8) is 0 Å². The Balaban J connectivity index is 3.05. The minimum Gasteiger partial charge on any atom is -0.218 e. The molecule has 0 heterocycles. The van der Waals surface area contributed by atoms with E-state index in [0.717, 1.165) is 24.3 Å². The van der Waals surface area contributed by atoms with E-state index in [2.05, 4.69) is 15.9 Å². The molecule has 0 N–H and O–H groups in total. The van der Waals surface area contributed by atoms with Gasteiger partial charge in [-0.15, -0.1) is 0 Å². The number of nitriles is 1. The van der Waals surface area contributed by atoms with Gasteiger partial charge in [0.1, 0.15) is 0 Å². The van der Waals surface area contributed by atoms with Crippen LogP contribution in [0.5, 0.6) is 0 Å².